The van der Waals surface area contributed by atoms with Crippen LogP contribution in [0.1, 0.15) is 33.9 Å². The first-order chi connectivity index (χ1) is 21.1. The number of rotatable bonds is 7. The summed E-state index contributed by atoms with van der Waals surface area (Å²) in [4.78, 5) is 52.5. The fourth-order valence-corrected chi connectivity index (χ4v) is 6.61. The number of methoxy groups -OCH3 is 1. The number of amides is 2. The molecule has 2 fully saturated rings. The summed E-state index contributed by atoms with van der Waals surface area (Å²) in [7, 11) is 1.27. The molecule has 2 saturated heterocycles. The molecular weight excluding hydrogens is 614 g/mol. The standard InChI is InChI=1S/C30H27ClF2N6O4S/c1-16(40)17-3-6-24(22(33)11-17)39-14-19-13-37(8-9-38(19)30(39)42)15-23-25(29(41)43-2)26(20-5-4-18(32)12-21(20)31)36-27(35-23)28-34-7-10-44-28/h3-7,10-12,19,26H,8-9,13-15H2,1-2H3,(H,35,36)/t19-,26?/m0/s1. The van der Waals surface area contributed by atoms with Gasteiger partial charge in [0.1, 0.15) is 17.7 Å². The van der Waals surface area contributed by atoms with E-state index in [2.05, 4.69) is 15.2 Å². The number of hydrogen-bond acceptors (Lipinski definition) is 9. The van der Waals surface area contributed by atoms with Crippen molar-refractivity contribution in [1.29, 1.82) is 0 Å². The summed E-state index contributed by atoms with van der Waals surface area (Å²) < 4.78 is 34.1. The van der Waals surface area contributed by atoms with Crippen molar-refractivity contribution >= 4 is 52.2 Å². The topological polar surface area (TPSA) is 107 Å². The minimum absolute atomic E-state index is 0.113. The number of nitrogens with one attached hydrogen (secondary N) is 1. The molecule has 2 atom stereocenters. The number of fused-ring (bicyclic) bond motifs is 1. The number of aliphatic imine (C=N–C) groups is 1. The number of piperazine rings is 1. The van der Waals surface area contributed by atoms with Gasteiger partial charge in [0.05, 0.1) is 24.4 Å². The van der Waals surface area contributed by atoms with Crippen LogP contribution in [0.25, 0.3) is 0 Å². The number of ether oxygens (including phenoxy) is 1. The number of benzene rings is 2. The van der Waals surface area contributed by atoms with Crippen LogP contribution in [0.3, 0.4) is 0 Å². The van der Waals surface area contributed by atoms with Gasteiger partial charge in [-0.2, -0.15) is 0 Å². The monoisotopic (exact) mass is 640 g/mol. The zero-order valence-corrected chi connectivity index (χ0v) is 25.3. The third kappa shape index (κ3) is 5.58. The summed E-state index contributed by atoms with van der Waals surface area (Å²) in [6.45, 7) is 3.18. The SMILES string of the molecule is COC(=O)C1=C(CN2CCN3C(=O)N(c4ccc(C(C)=O)cc4F)C[C@@H]3C2)NC(c2nccs2)=NC1c1ccc(F)cc1Cl. The summed E-state index contributed by atoms with van der Waals surface area (Å²) in [5.41, 5.74) is 1.52. The highest BCUT2D eigenvalue weighted by Crippen LogP contribution is 2.37. The third-order valence-electron chi connectivity index (χ3n) is 7.89. The average molecular weight is 641 g/mol. The van der Waals surface area contributed by atoms with Crippen molar-refractivity contribution in [3.8, 4) is 0 Å². The fraction of sp³-hybridized carbons (Fsp3) is 0.300. The van der Waals surface area contributed by atoms with Crippen molar-refractivity contribution in [2.24, 2.45) is 4.99 Å². The molecule has 0 aliphatic carbocycles. The van der Waals surface area contributed by atoms with E-state index in [0.29, 0.717) is 41.7 Å². The quantitative estimate of drug-likeness (QED) is 0.301. The number of nitrogens with zero attached hydrogens (tertiary/aromatic N) is 5. The highest BCUT2D eigenvalue weighted by Gasteiger charge is 2.43. The summed E-state index contributed by atoms with van der Waals surface area (Å²) in [6.07, 6.45) is 1.64. The molecule has 4 heterocycles. The molecular formula is C30H27ClF2N6O4S. The van der Waals surface area contributed by atoms with Crippen LogP contribution in [0, 0.1) is 11.6 Å². The maximum Gasteiger partial charge on any atom is 0.338 e. The van der Waals surface area contributed by atoms with Crippen molar-refractivity contribution in [2.45, 2.75) is 19.0 Å². The van der Waals surface area contributed by atoms with Crippen molar-refractivity contribution in [3.05, 3.63) is 92.0 Å². The number of carbonyl (C=O) groups is 3. The predicted octanol–water partition coefficient (Wildman–Crippen LogP) is 4.42. The van der Waals surface area contributed by atoms with Crippen LogP contribution in [0.2, 0.25) is 5.02 Å². The number of anilines is 1. The second-order valence-electron chi connectivity index (χ2n) is 10.6. The zero-order valence-electron chi connectivity index (χ0n) is 23.7. The lowest BCUT2D eigenvalue weighted by Crippen LogP contribution is -2.53. The van der Waals surface area contributed by atoms with Crippen molar-refractivity contribution < 1.29 is 27.9 Å². The second kappa shape index (κ2) is 12.1. The number of carbonyl (C=O) groups excluding carboxylic acids is 3. The Morgan fingerprint density at radius 2 is 1.98 bits per heavy atom. The van der Waals surface area contributed by atoms with Crippen molar-refractivity contribution in [2.75, 3.05) is 44.7 Å². The van der Waals surface area contributed by atoms with E-state index in [4.69, 9.17) is 21.3 Å². The minimum atomic E-state index is -0.892. The molecule has 1 N–H and O–H groups in total. The molecule has 1 aromatic heterocycles. The molecule has 0 spiro atoms. The van der Waals surface area contributed by atoms with E-state index >= 15 is 0 Å². The lowest BCUT2D eigenvalue weighted by Gasteiger charge is -2.38. The number of esters is 1. The Morgan fingerprint density at radius 3 is 2.66 bits per heavy atom. The molecule has 2 amide bonds. The highest BCUT2D eigenvalue weighted by molar-refractivity contribution is 7.11. The minimum Gasteiger partial charge on any atom is -0.466 e. The number of thiazole rings is 1. The zero-order chi connectivity index (χ0) is 31.1. The van der Waals surface area contributed by atoms with Gasteiger partial charge in [0.2, 0.25) is 0 Å². The molecule has 6 rings (SSSR count). The Balaban J connectivity index is 1.29. The molecule has 0 saturated carbocycles. The molecule has 3 aliphatic rings. The van der Waals surface area contributed by atoms with Crippen LogP contribution >= 0.6 is 22.9 Å². The van der Waals surface area contributed by atoms with Crippen LogP contribution in [-0.2, 0) is 9.53 Å². The van der Waals surface area contributed by atoms with Gasteiger partial charge >= 0.3 is 12.0 Å². The van der Waals surface area contributed by atoms with Gasteiger partial charge in [-0.1, -0.05) is 17.7 Å². The summed E-state index contributed by atoms with van der Waals surface area (Å²) in [5, 5.41) is 5.78. The summed E-state index contributed by atoms with van der Waals surface area (Å²) >= 11 is 7.81. The summed E-state index contributed by atoms with van der Waals surface area (Å²) in [6, 6.07) is 6.60. The molecule has 0 bridgehead atoms. The van der Waals surface area contributed by atoms with Crippen molar-refractivity contribution in [3.63, 3.8) is 0 Å². The Labute approximate surface area is 260 Å². The smallest absolute Gasteiger partial charge is 0.338 e. The molecule has 44 heavy (non-hydrogen) atoms. The van der Waals surface area contributed by atoms with E-state index in [9.17, 15) is 23.2 Å². The van der Waals surface area contributed by atoms with Gasteiger partial charge < -0.3 is 15.0 Å². The first-order valence-electron chi connectivity index (χ1n) is 13.8. The third-order valence-corrected chi connectivity index (χ3v) is 8.99. The predicted molar refractivity (Wildman–Crippen MR) is 161 cm³/mol. The second-order valence-corrected chi connectivity index (χ2v) is 11.9. The van der Waals surface area contributed by atoms with E-state index in [-0.39, 0.29) is 52.8 Å². The number of ketones is 1. The Kier molecular flexibility index (Phi) is 8.18. The van der Waals surface area contributed by atoms with E-state index in [1.54, 1.807) is 16.5 Å². The average Bonchev–Trinajstić information content (AvgIpc) is 3.65. The van der Waals surface area contributed by atoms with Crippen LogP contribution in [0.15, 0.2) is 64.2 Å². The van der Waals surface area contributed by atoms with Gasteiger partial charge in [-0.05, 0) is 37.3 Å². The maximum absolute atomic E-state index is 15.0. The number of halogens is 3. The molecule has 10 nitrogen and oxygen atoms in total. The number of amidine groups is 1. The largest absolute Gasteiger partial charge is 0.466 e. The highest BCUT2D eigenvalue weighted by atomic mass is 35.5. The maximum atomic E-state index is 15.0. The Bertz CT molecular complexity index is 1720. The van der Waals surface area contributed by atoms with Gasteiger partial charge in [-0.25, -0.2) is 23.4 Å². The van der Waals surface area contributed by atoms with E-state index < -0.39 is 23.6 Å². The van der Waals surface area contributed by atoms with Crippen LogP contribution in [-0.4, -0.2) is 84.3 Å². The Hall–Kier alpha value is -4.20. The molecule has 1 unspecified atom stereocenters. The Morgan fingerprint density at radius 1 is 1.16 bits per heavy atom. The number of urea groups is 1. The number of Topliss-reactive ketones (excluding diaryl/α,β-unsaturated/α-hetero) is 1. The van der Waals surface area contributed by atoms with Crippen LogP contribution in [0.4, 0.5) is 19.3 Å². The molecule has 3 aromatic rings. The molecule has 2 aromatic carbocycles. The summed E-state index contributed by atoms with van der Waals surface area (Å²) in [5.74, 6) is -1.61. The number of hydrogen-bond donors (Lipinski definition) is 1. The molecule has 228 valence electrons. The van der Waals surface area contributed by atoms with E-state index in [0.717, 1.165) is 6.07 Å². The molecule has 3 aliphatic heterocycles. The molecule has 0 radical (unpaired) electrons. The lowest BCUT2D eigenvalue weighted by molar-refractivity contribution is -0.136. The molecule has 14 heteroatoms. The van der Waals surface area contributed by atoms with Gasteiger partial charge in [0, 0.05) is 66.1 Å². The lowest BCUT2D eigenvalue weighted by atomic mass is 9.95. The van der Waals surface area contributed by atoms with Gasteiger partial charge in [-0.15, -0.1) is 11.3 Å². The van der Waals surface area contributed by atoms with Crippen LogP contribution in [0.5, 0.6) is 0 Å². The fourth-order valence-electron chi connectivity index (χ4n) is 5.75. The normalized spacial score (nSPS) is 20.4. The van der Waals surface area contributed by atoms with Gasteiger partial charge in [-0.3, -0.25) is 19.6 Å². The first kappa shape index (κ1) is 29.9. The first-order valence-corrected chi connectivity index (χ1v) is 15.0. The van der Waals surface area contributed by atoms with Gasteiger partial charge in [0.25, 0.3) is 0 Å². The van der Waals surface area contributed by atoms with E-state index in [1.165, 1.54) is 60.6 Å². The number of aromatic nitrogens is 1. The van der Waals surface area contributed by atoms with Gasteiger partial charge in [0.15, 0.2) is 16.6 Å². The van der Waals surface area contributed by atoms with E-state index in [1.807, 2.05) is 0 Å². The van der Waals surface area contributed by atoms with Crippen molar-refractivity contribution in [1.82, 2.24) is 20.1 Å². The van der Waals surface area contributed by atoms with Crippen LogP contribution < -0.4 is 10.2 Å².